The number of carbonyl (C=O) groups excluding carboxylic acids is 1. The van der Waals surface area contributed by atoms with Crippen molar-refractivity contribution in [3.63, 3.8) is 0 Å². The van der Waals surface area contributed by atoms with E-state index in [1.54, 1.807) is 12.1 Å². The van der Waals surface area contributed by atoms with E-state index in [1.165, 1.54) is 31.5 Å². The Morgan fingerprint density at radius 2 is 2.00 bits per heavy atom. The van der Waals surface area contributed by atoms with Crippen molar-refractivity contribution in [2.24, 2.45) is 0 Å². The molecule has 0 heterocycles. The number of nitrogens with one attached hydrogen (secondary N) is 2. The molecule has 0 spiro atoms. The Morgan fingerprint density at radius 1 is 1.27 bits per heavy atom. The van der Waals surface area contributed by atoms with E-state index >= 15 is 0 Å². The first-order valence-electron chi connectivity index (χ1n) is 7.52. The Bertz CT molecular complexity index is 916. The monoisotopic (exact) mass is 352 g/mol. The SMILES string of the molecule is COc1cc([N+](=O)[O-])ccc1N/C=C(/C#N)C(=O)Nc1ccccc1C. The standard InChI is InChI=1S/C18H16N4O4/c1-12-5-3-4-6-15(12)21-18(23)13(10-19)11-20-16-8-7-14(22(24)25)9-17(16)26-2/h3-9,11,20H,1-2H3,(H,21,23)/b13-11-. The molecule has 26 heavy (non-hydrogen) atoms. The van der Waals surface area contributed by atoms with Crippen LogP contribution in [0.1, 0.15) is 5.56 Å². The summed E-state index contributed by atoms with van der Waals surface area (Å²) in [7, 11) is 1.37. The number of rotatable bonds is 6. The normalized spacial score (nSPS) is 10.6. The molecule has 0 saturated carbocycles. The van der Waals surface area contributed by atoms with E-state index in [9.17, 15) is 20.2 Å². The molecule has 0 aromatic heterocycles. The highest BCUT2D eigenvalue weighted by molar-refractivity contribution is 6.07. The van der Waals surface area contributed by atoms with Crippen LogP contribution in [-0.2, 0) is 4.79 Å². The zero-order chi connectivity index (χ0) is 19.1. The third-order valence-electron chi connectivity index (χ3n) is 3.53. The molecular weight excluding hydrogens is 336 g/mol. The number of non-ortho nitro benzene ring substituents is 1. The molecule has 8 nitrogen and oxygen atoms in total. The van der Waals surface area contributed by atoms with Gasteiger partial charge in [-0.3, -0.25) is 14.9 Å². The van der Waals surface area contributed by atoms with Crippen LogP contribution in [0.15, 0.2) is 54.2 Å². The van der Waals surface area contributed by atoms with Crippen LogP contribution in [-0.4, -0.2) is 17.9 Å². The number of nitriles is 1. The van der Waals surface area contributed by atoms with E-state index in [-0.39, 0.29) is 17.0 Å². The predicted octanol–water partition coefficient (Wildman–Crippen LogP) is 3.37. The van der Waals surface area contributed by atoms with E-state index < -0.39 is 10.8 Å². The number of hydrogen-bond acceptors (Lipinski definition) is 6. The van der Waals surface area contributed by atoms with Gasteiger partial charge in [0.1, 0.15) is 17.4 Å². The van der Waals surface area contributed by atoms with Gasteiger partial charge in [-0.1, -0.05) is 18.2 Å². The lowest BCUT2D eigenvalue weighted by atomic mass is 10.2. The highest BCUT2D eigenvalue weighted by Gasteiger charge is 2.13. The van der Waals surface area contributed by atoms with Crippen molar-refractivity contribution in [2.75, 3.05) is 17.7 Å². The van der Waals surface area contributed by atoms with Gasteiger partial charge in [0.05, 0.1) is 23.8 Å². The van der Waals surface area contributed by atoms with Gasteiger partial charge >= 0.3 is 0 Å². The molecule has 0 aliphatic heterocycles. The van der Waals surface area contributed by atoms with Gasteiger partial charge in [0.2, 0.25) is 0 Å². The molecule has 0 bridgehead atoms. The van der Waals surface area contributed by atoms with Crippen LogP contribution in [0.25, 0.3) is 0 Å². The number of nitrogens with zero attached hydrogens (tertiary/aromatic N) is 2. The number of para-hydroxylation sites is 1. The lowest BCUT2D eigenvalue weighted by Gasteiger charge is -2.09. The Hall–Kier alpha value is -3.86. The molecule has 0 aliphatic carbocycles. The number of nitro benzene ring substituents is 1. The van der Waals surface area contributed by atoms with Crippen LogP contribution in [0, 0.1) is 28.4 Å². The summed E-state index contributed by atoms with van der Waals surface area (Å²) in [5, 5.41) is 25.5. The first-order chi connectivity index (χ1) is 12.5. The van der Waals surface area contributed by atoms with E-state index in [2.05, 4.69) is 10.6 Å². The first kappa shape index (κ1) is 18.5. The quantitative estimate of drug-likeness (QED) is 0.356. The minimum atomic E-state index is -0.574. The molecule has 2 rings (SSSR count). The molecule has 8 heteroatoms. The van der Waals surface area contributed by atoms with E-state index in [0.29, 0.717) is 11.4 Å². The van der Waals surface area contributed by atoms with Gasteiger partial charge in [-0.25, -0.2) is 0 Å². The molecule has 2 aromatic carbocycles. The molecule has 0 radical (unpaired) electrons. The van der Waals surface area contributed by atoms with Gasteiger partial charge in [0.15, 0.2) is 0 Å². The molecular formula is C18H16N4O4. The van der Waals surface area contributed by atoms with Crippen molar-refractivity contribution in [3.8, 4) is 11.8 Å². The minimum absolute atomic E-state index is 0.130. The summed E-state index contributed by atoms with van der Waals surface area (Å²) in [6.45, 7) is 1.84. The summed E-state index contributed by atoms with van der Waals surface area (Å²) in [6.07, 6.45) is 1.22. The largest absolute Gasteiger partial charge is 0.494 e. The molecule has 1 amide bonds. The number of carbonyl (C=O) groups is 1. The van der Waals surface area contributed by atoms with Gasteiger partial charge in [-0.15, -0.1) is 0 Å². The van der Waals surface area contributed by atoms with Crippen LogP contribution in [0.5, 0.6) is 5.75 Å². The van der Waals surface area contributed by atoms with E-state index in [4.69, 9.17) is 4.74 Å². The third-order valence-corrected chi connectivity index (χ3v) is 3.53. The highest BCUT2D eigenvalue weighted by Crippen LogP contribution is 2.29. The number of anilines is 2. The second-order valence-electron chi connectivity index (χ2n) is 5.22. The summed E-state index contributed by atoms with van der Waals surface area (Å²) < 4.78 is 5.09. The average molecular weight is 352 g/mol. The lowest BCUT2D eigenvalue weighted by molar-refractivity contribution is -0.384. The Kier molecular flexibility index (Phi) is 5.90. The second kappa shape index (κ2) is 8.30. The first-order valence-corrected chi connectivity index (χ1v) is 7.52. The molecule has 0 unspecified atom stereocenters. The molecule has 0 atom stereocenters. The van der Waals surface area contributed by atoms with Crippen LogP contribution in [0.3, 0.4) is 0 Å². The Labute approximate surface area is 149 Å². The van der Waals surface area contributed by atoms with Gasteiger partial charge in [-0.2, -0.15) is 5.26 Å². The van der Waals surface area contributed by atoms with Gasteiger partial charge in [0, 0.05) is 18.0 Å². The maximum atomic E-state index is 12.3. The molecule has 132 valence electrons. The van der Waals surface area contributed by atoms with Crippen LogP contribution < -0.4 is 15.4 Å². The van der Waals surface area contributed by atoms with Crippen LogP contribution >= 0.6 is 0 Å². The summed E-state index contributed by atoms with van der Waals surface area (Å²) in [4.78, 5) is 22.5. The van der Waals surface area contributed by atoms with Gasteiger partial charge < -0.3 is 15.4 Å². The number of amides is 1. The van der Waals surface area contributed by atoms with Gasteiger partial charge in [-0.05, 0) is 24.6 Å². The van der Waals surface area contributed by atoms with E-state index in [1.807, 2.05) is 25.1 Å². The molecule has 0 saturated heterocycles. The van der Waals surface area contributed by atoms with Crippen molar-refractivity contribution in [2.45, 2.75) is 6.92 Å². The summed E-state index contributed by atoms with van der Waals surface area (Å²) >= 11 is 0. The van der Waals surface area contributed by atoms with Crippen LogP contribution in [0.4, 0.5) is 17.1 Å². The summed E-state index contributed by atoms with van der Waals surface area (Å²) in [5.74, 6) is -0.359. The maximum Gasteiger partial charge on any atom is 0.273 e. The van der Waals surface area contributed by atoms with Gasteiger partial charge in [0.25, 0.3) is 11.6 Å². The fraction of sp³-hybridized carbons (Fsp3) is 0.111. The highest BCUT2D eigenvalue weighted by atomic mass is 16.6. The molecule has 2 N–H and O–H groups in total. The predicted molar refractivity (Wildman–Crippen MR) is 96.8 cm³/mol. The number of methoxy groups -OCH3 is 1. The lowest BCUT2D eigenvalue weighted by Crippen LogP contribution is -2.15. The van der Waals surface area contributed by atoms with E-state index in [0.717, 1.165) is 5.56 Å². The van der Waals surface area contributed by atoms with Crippen molar-refractivity contribution < 1.29 is 14.5 Å². The smallest absolute Gasteiger partial charge is 0.273 e. The molecule has 0 aliphatic rings. The van der Waals surface area contributed by atoms with Crippen molar-refractivity contribution in [1.82, 2.24) is 0 Å². The number of ether oxygens (including phenoxy) is 1. The van der Waals surface area contributed by atoms with Crippen molar-refractivity contribution in [1.29, 1.82) is 5.26 Å². The minimum Gasteiger partial charge on any atom is -0.494 e. The maximum absolute atomic E-state index is 12.3. The zero-order valence-electron chi connectivity index (χ0n) is 14.1. The van der Waals surface area contributed by atoms with Crippen LogP contribution in [0.2, 0.25) is 0 Å². The fourth-order valence-electron chi connectivity index (χ4n) is 2.11. The average Bonchev–Trinajstić information content (AvgIpc) is 2.64. The number of nitro groups is 1. The second-order valence-corrected chi connectivity index (χ2v) is 5.22. The third kappa shape index (κ3) is 4.36. The topological polar surface area (TPSA) is 117 Å². The molecule has 0 fully saturated rings. The number of benzene rings is 2. The summed E-state index contributed by atoms with van der Waals surface area (Å²) in [6, 6.07) is 13.0. The van der Waals surface area contributed by atoms with Crippen molar-refractivity contribution in [3.05, 3.63) is 69.9 Å². The Balaban J connectivity index is 2.19. The Morgan fingerprint density at radius 3 is 2.62 bits per heavy atom. The number of hydrogen-bond donors (Lipinski definition) is 2. The zero-order valence-corrected chi connectivity index (χ0v) is 14.1. The fourth-order valence-corrected chi connectivity index (χ4v) is 2.11. The number of aryl methyl sites for hydroxylation is 1. The summed E-state index contributed by atoms with van der Waals surface area (Å²) in [5.41, 5.74) is 1.56. The molecule has 2 aromatic rings. The van der Waals surface area contributed by atoms with Crippen molar-refractivity contribution >= 4 is 23.0 Å².